The number of carbonyl (C=O) groups is 1. The highest BCUT2D eigenvalue weighted by molar-refractivity contribution is 6.02. The van der Waals surface area contributed by atoms with Crippen LogP contribution in [0.3, 0.4) is 0 Å². The van der Waals surface area contributed by atoms with E-state index < -0.39 is 0 Å². The van der Waals surface area contributed by atoms with Crippen molar-refractivity contribution in [3.05, 3.63) is 42.0 Å². The van der Waals surface area contributed by atoms with Crippen molar-refractivity contribution in [2.24, 2.45) is 5.10 Å². The second-order valence-corrected chi connectivity index (χ2v) is 4.96. The molecule has 0 aliphatic heterocycles. The van der Waals surface area contributed by atoms with Crippen LogP contribution in [0.2, 0.25) is 0 Å². The summed E-state index contributed by atoms with van der Waals surface area (Å²) in [6, 6.07) is 12.0. The Bertz CT molecular complexity index is 665. The standard InChI is InChI=1S/C17H20N2O2/c1-4-12(2)21-17-10-9-14-7-5-6-8-15(14)16(17)11-18-19-13(3)20/h5-12H,4H2,1-3H3,(H,19,20)/b18-11-/t12-/m1/s1. The molecule has 0 heterocycles. The number of hydrogen-bond donors (Lipinski definition) is 1. The van der Waals surface area contributed by atoms with E-state index in [1.165, 1.54) is 6.92 Å². The van der Waals surface area contributed by atoms with Crippen molar-refractivity contribution in [2.75, 3.05) is 0 Å². The van der Waals surface area contributed by atoms with E-state index in [9.17, 15) is 4.79 Å². The number of benzene rings is 2. The molecule has 4 nitrogen and oxygen atoms in total. The van der Waals surface area contributed by atoms with Gasteiger partial charge in [0.1, 0.15) is 5.75 Å². The average molecular weight is 284 g/mol. The minimum absolute atomic E-state index is 0.124. The lowest BCUT2D eigenvalue weighted by Crippen LogP contribution is -2.14. The highest BCUT2D eigenvalue weighted by Gasteiger charge is 2.09. The molecule has 110 valence electrons. The van der Waals surface area contributed by atoms with Gasteiger partial charge >= 0.3 is 0 Å². The molecular formula is C17H20N2O2. The van der Waals surface area contributed by atoms with E-state index in [2.05, 4.69) is 17.5 Å². The molecular weight excluding hydrogens is 264 g/mol. The van der Waals surface area contributed by atoms with Crippen molar-refractivity contribution in [3.63, 3.8) is 0 Å². The van der Waals surface area contributed by atoms with Gasteiger partial charge in [-0.05, 0) is 30.2 Å². The van der Waals surface area contributed by atoms with E-state index in [0.717, 1.165) is 28.5 Å². The largest absolute Gasteiger partial charge is 0.490 e. The summed E-state index contributed by atoms with van der Waals surface area (Å²) < 4.78 is 5.96. The van der Waals surface area contributed by atoms with Crippen molar-refractivity contribution < 1.29 is 9.53 Å². The van der Waals surface area contributed by atoms with Gasteiger partial charge in [0.25, 0.3) is 0 Å². The fourth-order valence-corrected chi connectivity index (χ4v) is 2.00. The van der Waals surface area contributed by atoms with Gasteiger partial charge in [0.05, 0.1) is 12.3 Å². The van der Waals surface area contributed by atoms with Gasteiger partial charge in [-0.15, -0.1) is 0 Å². The Morgan fingerprint density at radius 2 is 2.10 bits per heavy atom. The Morgan fingerprint density at radius 3 is 2.81 bits per heavy atom. The van der Waals surface area contributed by atoms with E-state index in [1.807, 2.05) is 43.3 Å². The second-order valence-electron chi connectivity index (χ2n) is 4.96. The normalized spacial score (nSPS) is 12.5. The Hall–Kier alpha value is -2.36. The molecule has 0 aliphatic carbocycles. The lowest BCUT2D eigenvalue weighted by molar-refractivity contribution is -0.118. The molecule has 0 aliphatic rings. The van der Waals surface area contributed by atoms with Gasteiger partial charge in [-0.2, -0.15) is 5.10 Å². The Morgan fingerprint density at radius 1 is 1.33 bits per heavy atom. The zero-order chi connectivity index (χ0) is 15.2. The fraction of sp³-hybridized carbons (Fsp3) is 0.294. The SMILES string of the molecule is CC[C@@H](C)Oc1ccc2ccccc2c1/C=N\NC(C)=O. The number of ether oxygens (including phenoxy) is 1. The van der Waals surface area contributed by atoms with Crippen molar-refractivity contribution in [1.82, 2.24) is 5.43 Å². The highest BCUT2D eigenvalue weighted by atomic mass is 16.5. The molecule has 0 spiro atoms. The Balaban J connectivity index is 2.46. The van der Waals surface area contributed by atoms with Gasteiger partial charge in [0, 0.05) is 12.5 Å². The van der Waals surface area contributed by atoms with E-state index in [-0.39, 0.29) is 12.0 Å². The van der Waals surface area contributed by atoms with E-state index in [4.69, 9.17) is 4.74 Å². The predicted molar refractivity (Wildman–Crippen MR) is 85.7 cm³/mol. The van der Waals surface area contributed by atoms with Crippen LogP contribution >= 0.6 is 0 Å². The topological polar surface area (TPSA) is 50.7 Å². The molecule has 21 heavy (non-hydrogen) atoms. The Labute approximate surface area is 124 Å². The molecule has 2 aromatic rings. The number of carbonyl (C=O) groups excluding carboxylic acids is 1. The molecule has 0 unspecified atom stereocenters. The van der Waals surface area contributed by atoms with Crippen LogP contribution in [0.5, 0.6) is 5.75 Å². The molecule has 2 rings (SSSR count). The first-order chi connectivity index (χ1) is 10.1. The number of hydrazone groups is 1. The fourth-order valence-electron chi connectivity index (χ4n) is 2.00. The summed E-state index contributed by atoms with van der Waals surface area (Å²) in [6.45, 7) is 5.54. The van der Waals surface area contributed by atoms with Crippen molar-refractivity contribution in [1.29, 1.82) is 0 Å². The third-order valence-corrected chi connectivity index (χ3v) is 3.25. The average Bonchev–Trinajstić information content (AvgIpc) is 2.48. The summed E-state index contributed by atoms with van der Waals surface area (Å²) in [5.74, 6) is 0.577. The zero-order valence-corrected chi connectivity index (χ0v) is 12.6. The minimum Gasteiger partial charge on any atom is -0.490 e. The van der Waals surface area contributed by atoms with Crippen molar-refractivity contribution >= 4 is 22.9 Å². The third-order valence-electron chi connectivity index (χ3n) is 3.25. The molecule has 1 amide bonds. The van der Waals surface area contributed by atoms with Crippen LogP contribution in [0.4, 0.5) is 0 Å². The summed E-state index contributed by atoms with van der Waals surface area (Å²) in [4.78, 5) is 11.0. The highest BCUT2D eigenvalue weighted by Crippen LogP contribution is 2.27. The van der Waals surface area contributed by atoms with Gasteiger partial charge in [0.15, 0.2) is 0 Å². The monoisotopic (exact) mass is 284 g/mol. The predicted octanol–water partition coefficient (Wildman–Crippen LogP) is 3.49. The van der Waals surface area contributed by atoms with Gasteiger partial charge in [-0.25, -0.2) is 5.43 Å². The molecule has 0 radical (unpaired) electrons. The van der Waals surface area contributed by atoms with Crippen molar-refractivity contribution in [3.8, 4) is 5.75 Å². The van der Waals surface area contributed by atoms with Crippen LogP contribution in [0.25, 0.3) is 10.8 Å². The molecule has 0 bridgehead atoms. The molecule has 0 fully saturated rings. The summed E-state index contributed by atoms with van der Waals surface area (Å²) in [5, 5.41) is 6.14. The quantitative estimate of drug-likeness (QED) is 0.675. The summed E-state index contributed by atoms with van der Waals surface area (Å²) in [7, 11) is 0. The maximum absolute atomic E-state index is 11.0. The number of fused-ring (bicyclic) bond motifs is 1. The van der Waals surface area contributed by atoms with Gasteiger partial charge in [-0.1, -0.05) is 37.3 Å². The minimum atomic E-state index is -0.198. The number of hydrogen-bond acceptors (Lipinski definition) is 3. The molecule has 0 aromatic heterocycles. The van der Waals surface area contributed by atoms with E-state index >= 15 is 0 Å². The first-order valence-corrected chi connectivity index (χ1v) is 7.10. The number of amides is 1. The molecule has 1 N–H and O–H groups in total. The van der Waals surface area contributed by atoms with Crippen LogP contribution in [-0.4, -0.2) is 18.2 Å². The van der Waals surface area contributed by atoms with Crippen LogP contribution in [-0.2, 0) is 4.79 Å². The van der Waals surface area contributed by atoms with Gasteiger partial charge in [0.2, 0.25) is 5.91 Å². The number of rotatable bonds is 5. The van der Waals surface area contributed by atoms with E-state index in [1.54, 1.807) is 6.21 Å². The maximum atomic E-state index is 11.0. The maximum Gasteiger partial charge on any atom is 0.236 e. The zero-order valence-electron chi connectivity index (χ0n) is 12.6. The molecule has 0 saturated carbocycles. The number of nitrogens with one attached hydrogen (secondary N) is 1. The van der Waals surface area contributed by atoms with Gasteiger partial charge < -0.3 is 4.74 Å². The molecule has 2 aromatic carbocycles. The Kier molecular flexibility index (Phi) is 4.93. The van der Waals surface area contributed by atoms with E-state index in [0.29, 0.717) is 0 Å². The lowest BCUT2D eigenvalue weighted by Gasteiger charge is -2.16. The molecule has 0 saturated heterocycles. The van der Waals surface area contributed by atoms with Crippen LogP contribution in [0.15, 0.2) is 41.5 Å². The molecule has 1 atom stereocenters. The summed E-state index contributed by atoms with van der Waals surface area (Å²) in [5.41, 5.74) is 3.31. The number of nitrogens with zero attached hydrogens (tertiary/aromatic N) is 1. The second kappa shape index (κ2) is 6.88. The smallest absolute Gasteiger partial charge is 0.236 e. The van der Waals surface area contributed by atoms with Crippen LogP contribution in [0, 0.1) is 0 Å². The summed E-state index contributed by atoms with van der Waals surface area (Å²) in [6.07, 6.45) is 2.69. The van der Waals surface area contributed by atoms with Crippen LogP contribution < -0.4 is 10.2 Å². The third kappa shape index (κ3) is 3.81. The van der Waals surface area contributed by atoms with Crippen LogP contribution in [0.1, 0.15) is 32.8 Å². The van der Waals surface area contributed by atoms with Crippen molar-refractivity contribution in [2.45, 2.75) is 33.3 Å². The van der Waals surface area contributed by atoms with Gasteiger partial charge in [-0.3, -0.25) is 4.79 Å². The summed E-state index contributed by atoms with van der Waals surface area (Å²) >= 11 is 0. The first kappa shape index (κ1) is 15.0. The molecule has 4 heteroatoms. The lowest BCUT2D eigenvalue weighted by atomic mass is 10.0. The first-order valence-electron chi connectivity index (χ1n) is 7.10.